The second-order valence-corrected chi connectivity index (χ2v) is 31.5. The third kappa shape index (κ3) is 30.4. The number of H-pyrrole nitrogens is 1. The molecule has 39 heteroatoms. The lowest BCUT2D eigenvalue weighted by molar-refractivity contribution is -0.142. The number of fused-ring (bicyclic) bond motifs is 1. The van der Waals surface area contributed by atoms with Crippen LogP contribution in [-0.2, 0) is 97.6 Å². The van der Waals surface area contributed by atoms with Gasteiger partial charge in [0.2, 0.25) is 82.7 Å². The van der Waals surface area contributed by atoms with Gasteiger partial charge in [0, 0.05) is 54.3 Å². The van der Waals surface area contributed by atoms with E-state index in [1.54, 1.807) is 117 Å². The molecule has 2 heterocycles. The van der Waals surface area contributed by atoms with Crippen LogP contribution >= 0.6 is 21.6 Å². The van der Waals surface area contributed by atoms with Crippen molar-refractivity contribution in [2.75, 3.05) is 37.7 Å². The summed E-state index contributed by atoms with van der Waals surface area (Å²) in [6, 6.07) is 5.09. The third-order valence-corrected chi connectivity index (χ3v) is 21.7. The standard InChI is InChI=1S/C79H110N18O19S2/c1-41-29-42(2)51(43(3)30-41)34-58-74(110)97-66(46(6)100)78(114)94-60(38-98)75(111)95-62(79(115)116)40-118-117-39-61(86-64(102)37-85-67(103)44(4)82)76(112)88-53(25-15-17-27-80)68(104)92-59(35-63(83)101)73(109)90-55(31-47-19-9-7-10-20-47)70(106)89-56(32-48-21-11-8-12-22-48)71(107)91-57(33-49-36-84-52-24-14-13-23-50(49)52)72(108)87-54(26-16-18-28-81)69(105)96-65(45(5)99)77(113)93-58/h7-14,19-24,29-30,36,44-46,53-62,65-66,84,98-100H,15-18,25-28,31-35,37-40,80-82H2,1-6H3,(H2,83,101)(H,85,103)(H,86,102)(H,87,108)(H,88,112)(H,89,106)(H,90,109)(H,91,107)(H,92,104)(H,93,113)(H,94,114)(H,95,111)(H,96,105)(H,97,110)(H,115,116)/t44-,45+,46+,53-,54-,55-,56-,57+,58-,59-,60-,61-,62-,65-,66-/m0/s1. The molecule has 642 valence electrons. The summed E-state index contributed by atoms with van der Waals surface area (Å²) in [5.74, 6) is -17.7. The molecule has 15 atom stereocenters. The number of aliphatic carboxylic acids is 1. The summed E-state index contributed by atoms with van der Waals surface area (Å²) in [6.07, 6.45) is -3.49. The summed E-state index contributed by atoms with van der Waals surface area (Å²) in [5.41, 5.74) is 27.9. The van der Waals surface area contributed by atoms with Gasteiger partial charge in [0.15, 0.2) is 0 Å². The number of aromatic nitrogens is 1. The molecule has 5 aromatic rings. The van der Waals surface area contributed by atoms with Crippen molar-refractivity contribution in [2.45, 2.75) is 203 Å². The Morgan fingerprint density at radius 3 is 1.41 bits per heavy atom. The molecule has 4 aromatic carbocycles. The Hall–Kier alpha value is -11.1. The van der Waals surface area contributed by atoms with Crippen LogP contribution in [0, 0.1) is 20.8 Å². The molecule has 1 aliphatic heterocycles. The molecule has 0 unspecified atom stereocenters. The van der Waals surface area contributed by atoms with Crippen molar-refractivity contribution in [3.63, 3.8) is 0 Å². The fraction of sp³-hybridized carbons (Fsp3) is 0.481. The molecule has 0 bridgehead atoms. The number of nitrogens with one attached hydrogen (secondary N) is 14. The number of nitrogens with two attached hydrogens (primary N) is 4. The second kappa shape index (κ2) is 48.0. The van der Waals surface area contributed by atoms with Crippen LogP contribution in [0.3, 0.4) is 0 Å². The zero-order valence-corrected chi connectivity index (χ0v) is 68.2. The summed E-state index contributed by atoms with van der Waals surface area (Å²) in [5, 5.41) is 76.7. The van der Waals surface area contributed by atoms with Gasteiger partial charge >= 0.3 is 5.97 Å². The molecule has 26 N–H and O–H groups in total. The molecule has 14 amide bonds. The number of aromatic amines is 1. The number of carbonyl (C=O) groups excluding carboxylic acids is 14. The van der Waals surface area contributed by atoms with E-state index < -0.39 is 210 Å². The van der Waals surface area contributed by atoms with Gasteiger partial charge in [0.05, 0.1) is 37.8 Å². The fourth-order valence-corrected chi connectivity index (χ4v) is 15.2. The van der Waals surface area contributed by atoms with Gasteiger partial charge in [-0.25, -0.2) is 4.79 Å². The van der Waals surface area contributed by atoms with E-state index >= 15 is 14.4 Å². The first-order valence-electron chi connectivity index (χ1n) is 38.6. The normalized spacial score (nSPS) is 23.5. The molecule has 0 aliphatic carbocycles. The molecule has 0 saturated carbocycles. The highest BCUT2D eigenvalue weighted by Gasteiger charge is 2.40. The topological polar surface area (TPSA) is 613 Å². The Morgan fingerprint density at radius 1 is 0.500 bits per heavy atom. The first-order valence-corrected chi connectivity index (χ1v) is 41.1. The molecule has 1 saturated heterocycles. The minimum Gasteiger partial charge on any atom is -0.480 e. The van der Waals surface area contributed by atoms with E-state index in [-0.39, 0.29) is 70.9 Å². The lowest BCUT2D eigenvalue weighted by Crippen LogP contribution is -2.63. The lowest BCUT2D eigenvalue weighted by atomic mass is 9.93. The minimum absolute atomic E-state index is 0.103. The molecule has 6 rings (SSSR count). The van der Waals surface area contributed by atoms with Crippen molar-refractivity contribution >= 4 is 121 Å². The van der Waals surface area contributed by atoms with Crippen LogP contribution in [0.5, 0.6) is 0 Å². The molecule has 1 aromatic heterocycles. The molecule has 1 aliphatic rings. The smallest absolute Gasteiger partial charge is 0.327 e. The zero-order valence-electron chi connectivity index (χ0n) is 66.5. The van der Waals surface area contributed by atoms with Gasteiger partial charge in [-0.2, -0.15) is 0 Å². The van der Waals surface area contributed by atoms with Crippen LogP contribution in [0.25, 0.3) is 10.9 Å². The number of hydrogen-bond donors (Lipinski definition) is 22. The Kier molecular flexibility index (Phi) is 38.9. The first kappa shape index (κ1) is 95.8. The van der Waals surface area contributed by atoms with Crippen molar-refractivity contribution in [3.05, 3.63) is 142 Å². The quantitative estimate of drug-likeness (QED) is 0.0185. The largest absolute Gasteiger partial charge is 0.480 e. The predicted molar refractivity (Wildman–Crippen MR) is 439 cm³/mol. The number of amides is 14. The van der Waals surface area contributed by atoms with Gasteiger partial charge in [0.25, 0.3) is 0 Å². The maximum absolute atomic E-state index is 15.4. The van der Waals surface area contributed by atoms with Crippen LogP contribution < -0.4 is 92.1 Å². The van der Waals surface area contributed by atoms with E-state index in [9.17, 15) is 78.0 Å². The van der Waals surface area contributed by atoms with Crippen LogP contribution in [0.1, 0.15) is 105 Å². The average molecular weight is 1680 g/mol. The summed E-state index contributed by atoms with van der Waals surface area (Å²) in [4.78, 5) is 218. The number of aliphatic hydroxyl groups is 3. The number of carbonyl (C=O) groups is 15. The molecule has 118 heavy (non-hydrogen) atoms. The van der Waals surface area contributed by atoms with Gasteiger partial charge in [-0.3, -0.25) is 67.1 Å². The Labute approximate surface area is 690 Å². The van der Waals surface area contributed by atoms with Gasteiger partial charge in [-0.05, 0) is 133 Å². The number of aryl methyl sites for hydroxylation is 3. The van der Waals surface area contributed by atoms with Crippen LogP contribution in [0.15, 0.2) is 103 Å². The number of rotatable bonds is 26. The van der Waals surface area contributed by atoms with Gasteiger partial charge < -0.3 is 117 Å². The summed E-state index contributed by atoms with van der Waals surface area (Å²) >= 11 is 0. The summed E-state index contributed by atoms with van der Waals surface area (Å²) in [7, 11) is 1.50. The Bertz CT molecular complexity index is 4290. The van der Waals surface area contributed by atoms with Gasteiger partial charge in [-0.15, -0.1) is 0 Å². The highest BCUT2D eigenvalue weighted by atomic mass is 33.1. The zero-order chi connectivity index (χ0) is 86.9. The van der Waals surface area contributed by atoms with E-state index in [2.05, 4.69) is 74.1 Å². The van der Waals surface area contributed by atoms with Crippen molar-refractivity contribution in [1.29, 1.82) is 0 Å². The van der Waals surface area contributed by atoms with E-state index in [0.717, 1.165) is 41.0 Å². The Morgan fingerprint density at radius 2 is 0.915 bits per heavy atom. The number of hydrogen-bond acceptors (Lipinski definition) is 23. The van der Waals surface area contributed by atoms with Crippen LogP contribution in [0.4, 0.5) is 0 Å². The van der Waals surface area contributed by atoms with Crippen molar-refractivity contribution < 1.29 is 92.3 Å². The SMILES string of the molecule is Cc1cc(C)c(C[C@@H]2NC(=O)[C@H]([C@@H](C)O)NC(=O)[C@H](CCCCN)NC(=O)[C@@H](Cc3c[nH]c4ccccc34)NC(=O)[C@H](Cc3ccccc3)NC(=O)[C@H](Cc3ccccc3)NC(=O)[C@H](CC(N)=O)NC(=O)[C@H](CCCCN)NC(=O)[C@@H](NC(=O)CNC(=O)[C@H](C)N)CSSC[C@@H](C(=O)O)NC(=O)[C@H](CO)NC(=O)[C@H]([C@@H](C)O)NC2=O)c(C)c1. The molecular weight excluding hydrogens is 1570 g/mol. The van der Waals surface area contributed by atoms with Crippen molar-refractivity contribution in [3.8, 4) is 0 Å². The predicted octanol–water partition coefficient (Wildman–Crippen LogP) is -3.99. The van der Waals surface area contributed by atoms with Crippen molar-refractivity contribution in [2.24, 2.45) is 22.9 Å². The van der Waals surface area contributed by atoms with Crippen LogP contribution in [-0.4, -0.2) is 243 Å². The number of para-hydroxylation sites is 1. The molecule has 1 fully saturated rings. The molecular formula is C79H110N18O19S2. The van der Waals surface area contributed by atoms with E-state index in [0.29, 0.717) is 50.7 Å². The molecule has 0 spiro atoms. The highest BCUT2D eigenvalue weighted by Crippen LogP contribution is 2.25. The van der Waals surface area contributed by atoms with E-state index in [4.69, 9.17) is 22.9 Å². The van der Waals surface area contributed by atoms with Gasteiger partial charge in [-0.1, -0.05) is 118 Å². The molecule has 0 radical (unpaired) electrons. The summed E-state index contributed by atoms with van der Waals surface area (Å²) in [6.45, 7) is 7.19. The van der Waals surface area contributed by atoms with E-state index in [1.807, 2.05) is 6.92 Å². The number of carboxylic acids is 1. The van der Waals surface area contributed by atoms with Crippen LogP contribution in [0.2, 0.25) is 0 Å². The van der Waals surface area contributed by atoms with Gasteiger partial charge in [0.1, 0.15) is 72.5 Å². The van der Waals surface area contributed by atoms with Crippen molar-refractivity contribution in [1.82, 2.24) is 74.1 Å². The maximum atomic E-state index is 15.4. The number of aliphatic hydroxyl groups excluding tert-OH is 3. The maximum Gasteiger partial charge on any atom is 0.327 e. The number of benzene rings is 4. The second-order valence-electron chi connectivity index (χ2n) is 29.0. The lowest BCUT2D eigenvalue weighted by Gasteiger charge is -2.30. The first-order chi connectivity index (χ1) is 56.1. The number of primary amides is 1. The van der Waals surface area contributed by atoms with E-state index in [1.165, 1.54) is 6.92 Å². The fourth-order valence-electron chi connectivity index (χ4n) is 12.8. The minimum atomic E-state index is -2.00. The summed E-state index contributed by atoms with van der Waals surface area (Å²) < 4.78 is 0. The average Bonchev–Trinajstić information content (AvgIpc) is 1.58. The number of carboxylic acid groups (broad SMARTS) is 1. The highest BCUT2D eigenvalue weighted by molar-refractivity contribution is 8.76. The third-order valence-electron chi connectivity index (χ3n) is 19.2. The molecule has 37 nitrogen and oxygen atoms in total. The monoisotopic (exact) mass is 1680 g/mol. The number of unbranched alkanes of at least 4 members (excludes halogenated alkanes) is 2. The Balaban J connectivity index is 1.49.